The number of hydrogen-bond donors (Lipinski definition) is 1. The van der Waals surface area contributed by atoms with Crippen molar-refractivity contribution in [3.8, 4) is 5.88 Å². The van der Waals surface area contributed by atoms with Gasteiger partial charge in [-0.3, -0.25) is 4.79 Å². The maximum atomic E-state index is 12.5. The molecule has 2 rings (SSSR count). The van der Waals surface area contributed by atoms with Gasteiger partial charge in [-0.15, -0.1) is 10.2 Å². The molecule has 0 aliphatic rings. The zero-order chi connectivity index (χ0) is 17.0. The second-order valence-corrected chi connectivity index (χ2v) is 5.21. The van der Waals surface area contributed by atoms with Crippen LogP contribution in [0.1, 0.15) is 31.1 Å². The fourth-order valence-corrected chi connectivity index (χ4v) is 2.23. The third-order valence-electron chi connectivity index (χ3n) is 3.49. The summed E-state index contributed by atoms with van der Waals surface area (Å²) < 4.78 is 6.10. The lowest BCUT2D eigenvalue weighted by atomic mass is 10.2. The van der Waals surface area contributed by atoms with Crippen LogP contribution < -0.4 is 16.0 Å². The zero-order valence-electron chi connectivity index (χ0n) is 13.7. The molecule has 0 atom stereocenters. The van der Waals surface area contributed by atoms with E-state index in [1.54, 1.807) is 27.0 Å². The summed E-state index contributed by atoms with van der Waals surface area (Å²) in [7, 11) is 1.64. The number of anilines is 1. The Hall–Kier alpha value is -2.64. The molecule has 1 N–H and O–H groups in total. The lowest BCUT2D eigenvalue weighted by Gasteiger charge is -2.22. The van der Waals surface area contributed by atoms with Crippen LogP contribution in [0.4, 0.5) is 17.2 Å². The predicted octanol–water partition coefficient (Wildman–Crippen LogP) is 2.78. The van der Waals surface area contributed by atoms with Crippen LogP contribution in [0, 0.1) is 13.8 Å². The first-order chi connectivity index (χ1) is 11.0. The van der Waals surface area contributed by atoms with Gasteiger partial charge >= 0.3 is 0 Å². The Morgan fingerprint density at radius 2 is 2.13 bits per heavy atom. The van der Waals surface area contributed by atoms with Gasteiger partial charge in [0.15, 0.2) is 0 Å². The third kappa shape index (κ3) is 3.41. The monoisotopic (exact) mass is 318 g/mol. The number of azo groups is 1. The largest absolute Gasteiger partial charge is 0.858 e. The fourth-order valence-electron chi connectivity index (χ4n) is 2.23. The summed E-state index contributed by atoms with van der Waals surface area (Å²) in [4.78, 5) is 12.4. The normalized spacial score (nSPS) is 11.3. The Balaban J connectivity index is 2.53. The summed E-state index contributed by atoms with van der Waals surface area (Å²) in [5.74, 6) is 0.435. The highest BCUT2D eigenvalue weighted by Gasteiger charge is 2.13. The Kier molecular flexibility index (Phi) is 5.15. The van der Waals surface area contributed by atoms with Crippen molar-refractivity contribution in [2.24, 2.45) is 10.2 Å². The van der Waals surface area contributed by atoms with Gasteiger partial charge in [0.2, 0.25) is 5.82 Å². The minimum Gasteiger partial charge on any atom is -0.858 e. The molecular weight excluding hydrogens is 298 g/mol. The SMILES string of the molecule is CCCCn1c([O-])c(N=Nc2cc(C)on2)c(C)c(NC)c1=O. The average Bonchev–Trinajstić information content (AvgIpc) is 2.93. The van der Waals surface area contributed by atoms with Crippen molar-refractivity contribution in [1.82, 2.24) is 9.72 Å². The number of nitrogens with zero attached hydrogens (tertiary/aromatic N) is 4. The molecule has 0 bridgehead atoms. The highest BCUT2D eigenvalue weighted by Crippen LogP contribution is 2.32. The number of aromatic nitrogens is 2. The lowest BCUT2D eigenvalue weighted by molar-refractivity contribution is -0.278. The van der Waals surface area contributed by atoms with E-state index in [-0.39, 0.29) is 17.1 Å². The summed E-state index contributed by atoms with van der Waals surface area (Å²) in [5, 5.41) is 27.0. The maximum absolute atomic E-state index is 12.5. The minimum absolute atomic E-state index is 0.130. The molecule has 23 heavy (non-hydrogen) atoms. The zero-order valence-corrected chi connectivity index (χ0v) is 13.7. The quantitative estimate of drug-likeness (QED) is 0.824. The van der Waals surface area contributed by atoms with Gasteiger partial charge in [0.1, 0.15) is 11.4 Å². The van der Waals surface area contributed by atoms with Crippen LogP contribution in [0.25, 0.3) is 0 Å². The van der Waals surface area contributed by atoms with Gasteiger partial charge in [0.05, 0.1) is 5.69 Å². The predicted molar refractivity (Wildman–Crippen MR) is 84.8 cm³/mol. The van der Waals surface area contributed by atoms with Gasteiger partial charge in [-0.05, 0) is 26.1 Å². The summed E-state index contributed by atoms with van der Waals surface area (Å²) in [6.45, 7) is 5.76. The number of rotatable bonds is 6. The first kappa shape index (κ1) is 16.7. The van der Waals surface area contributed by atoms with E-state index in [0.717, 1.165) is 12.8 Å². The molecule has 0 aromatic carbocycles. The van der Waals surface area contributed by atoms with Gasteiger partial charge in [0.25, 0.3) is 5.56 Å². The number of hydrogen-bond acceptors (Lipinski definition) is 7. The standard InChI is InChI=1S/C15H21N5O3/c1-5-6-7-20-14(21)12(16-4)10(3)13(15(20)22)18-17-11-8-9(2)23-19-11/h8,16,22H,5-7H2,1-4H3/p-1. The van der Waals surface area contributed by atoms with E-state index in [4.69, 9.17) is 4.52 Å². The summed E-state index contributed by atoms with van der Waals surface area (Å²) >= 11 is 0. The van der Waals surface area contributed by atoms with Gasteiger partial charge < -0.3 is 19.5 Å². The Morgan fingerprint density at radius 1 is 1.39 bits per heavy atom. The van der Waals surface area contributed by atoms with Gasteiger partial charge in [-0.2, -0.15) is 0 Å². The van der Waals surface area contributed by atoms with Crippen molar-refractivity contribution in [1.29, 1.82) is 0 Å². The van der Waals surface area contributed by atoms with E-state index in [9.17, 15) is 9.90 Å². The molecule has 2 heterocycles. The van der Waals surface area contributed by atoms with E-state index in [2.05, 4.69) is 20.7 Å². The number of aryl methyl sites for hydroxylation is 1. The van der Waals surface area contributed by atoms with Crippen molar-refractivity contribution < 1.29 is 9.63 Å². The molecule has 124 valence electrons. The highest BCUT2D eigenvalue weighted by molar-refractivity contribution is 5.65. The first-order valence-electron chi connectivity index (χ1n) is 7.46. The number of pyridine rings is 1. The molecule has 0 aliphatic carbocycles. The van der Waals surface area contributed by atoms with Crippen LogP contribution in [0.3, 0.4) is 0 Å². The Bertz CT molecular complexity index is 776. The Labute approximate surface area is 133 Å². The van der Waals surface area contributed by atoms with Crippen molar-refractivity contribution in [3.05, 3.63) is 27.7 Å². The molecule has 0 amide bonds. The summed E-state index contributed by atoms with van der Waals surface area (Å²) in [6.07, 6.45) is 1.62. The van der Waals surface area contributed by atoms with E-state index < -0.39 is 5.88 Å². The van der Waals surface area contributed by atoms with Gasteiger partial charge in [0, 0.05) is 25.2 Å². The van der Waals surface area contributed by atoms with Gasteiger partial charge in [-0.1, -0.05) is 18.5 Å². The molecule has 0 unspecified atom stereocenters. The van der Waals surface area contributed by atoms with E-state index >= 15 is 0 Å². The molecule has 0 radical (unpaired) electrons. The highest BCUT2D eigenvalue weighted by atomic mass is 16.5. The molecule has 2 aromatic heterocycles. The van der Waals surface area contributed by atoms with Crippen LogP contribution in [0.15, 0.2) is 25.6 Å². The first-order valence-corrected chi connectivity index (χ1v) is 7.46. The second kappa shape index (κ2) is 7.08. The fraction of sp³-hybridized carbons (Fsp3) is 0.467. The molecule has 0 aliphatic heterocycles. The summed E-state index contributed by atoms with van der Waals surface area (Å²) in [5.41, 5.74) is 0.621. The third-order valence-corrected chi connectivity index (χ3v) is 3.49. The summed E-state index contributed by atoms with van der Waals surface area (Å²) in [6, 6.07) is 1.61. The van der Waals surface area contributed by atoms with Crippen molar-refractivity contribution >= 4 is 17.2 Å². The van der Waals surface area contributed by atoms with Crippen LogP contribution in [0.5, 0.6) is 5.88 Å². The molecule has 0 spiro atoms. The lowest BCUT2D eigenvalue weighted by Crippen LogP contribution is -2.26. The molecular formula is C15H20N5O3-. The Morgan fingerprint density at radius 3 is 2.70 bits per heavy atom. The molecule has 0 saturated heterocycles. The van der Waals surface area contributed by atoms with Crippen LogP contribution in [-0.4, -0.2) is 16.8 Å². The van der Waals surface area contributed by atoms with Crippen molar-refractivity contribution in [2.75, 3.05) is 12.4 Å². The van der Waals surface area contributed by atoms with Crippen molar-refractivity contribution in [3.63, 3.8) is 0 Å². The average molecular weight is 318 g/mol. The maximum Gasteiger partial charge on any atom is 0.273 e. The number of nitrogens with one attached hydrogen (secondary N) is 1. The van der Waals surface area contributed by atoms with E-state index in [0.29, 0.717) is 23.6 Å². The van der Waals surface area contributed by atoms with E-state index in [1.807, 2.05) is 6.92 Å². The molecule has 0 saturated carbocycles. The topological polar surface area (TPSA) is 108 Å². The van der Waals surface area contributed by atoms with Crippen molar-refractivity contribution in [2.45, 2.75) is 40.2 Å². The van der Waals surface area contributed by atoms with Crippen LogP contribution in [-0.2, 0) is 6.54 Å². The molecule has 8 heteroatoms. The molecule has 8 nitrogen and oxygen atoms in total. The van der Waals surface area contributed by atoms with E-state index in [1.165, 1.54) is 4.57 Å². The second-order valence-electron chi connectivity index (χ2n) is 5.21. The molecule has 0 fully saturated rings. The number of unbranched alkanes of at least 4 members (excludes halogenated alkanes) is 1. The van der Waals surface area contributed by atoms with Crippen LogP contribution in [0.2, 0.25) is 0 Å². The molecule has 2 aromatic rings. The van der Waals surface area contributed by atoms with Gasteiger partial charge in [-0.25, -0.2) is 0 Å². The minimum atomic E-state index is -0.441. The van der Waals surface area contributed by atoms with Crippen LogP contribution >= 0.6 is 0 Å². The smallest absolute Gasteiger partial charge is 0.273 e.